The van der Waals surface area contributed by atoms with Crippen molar-refractivity contribution in [2.24, 2.45) is 0 Å². The minimum Gasteiger partial charge on any atom is -0.389 e. The fourth-order valence-corrected chi connectivity index (χ4v) is 3.10. The Morgan fingerprint density at radius 1 is 1.33 bits per heavy atom. The number of aliphatic hydroxyl groups is 1. The molecule has 5 heteroatoms. The van der Waals surface area contributed by atoms with E-state index in [4.69, 9.17) is 0 Å². The Labute approximate surface area is 128 Å². The molecule has 1 saturated heterocycles. The molecule has 2 heterocycles. The number of carbonyl (C=O) groups excluding carboxylic acids is 1. The Hall–Kier alpha value is -1.72. The van der Waals surface area contributed by atoms with Crippen molar-refractivity contribution in [1.82, 2.24) is 9.88 Å². The van der Waals surface area contributed by atoms with Crippen molar-refractivity contribution in [3.8, 4) is 10.6 Å². The van der Waals surface area contributed by atoms with Crippen LogP contribution in [0.15, 0.2) is 29.6 Å². The predicted molar refractivity (Wildman–Crippen MR) is 83.5 cm³/mol. The second-order valence-electron chi connectivity index (χ2n) is 5.68. The zero-order valence-electron chi connectivity index (χ0n) is 12.1. The summed E-state index contributed by atoms with van der Waals surface area (Å²) in [5.74, 6) is 0.409. The quantitative estimate of drug-likeness (QED) is 0.948. The Morgan fingerprint density at radius 2 is 2.00 bits per heavy atom. The molecule has 4 nitrogen and oxygen atoms in total. The first-order valence-corrected chi connectivity index (χ1v) is 7.95. The summed E-state index contributed by atoms with van der Waals surface area (Å²) in [5.41, 5.74) is 2.79. The third-order valence-electron chi connectivity index (χ3n) is 3.70. The van der Waals surface area contributed by atoms with Crippen molar-refractivity contribution in [1.29, 1.82) is 0 Å². The van der Waals surface area contributed by atoms with Crippen molar-refractivity contribution in [3.05, 3.63) is 40.9 Å². The highest BCUT2D eigenvalue weighted by atomic mass is 32.1. The summed E-state index contributed by atoms with van der Waals surface area (Å²) < 4.78 is 0. The topological polar surface area (TPSA) is 53.4 Å². The molecule has 1 aliphatic heterocycles. The van der Waals surface area contributed by atoms with E-state index in [1.807, 2.05) is 0 Å². The molecular weight excluding hydrogens is 284 g/mol. The van der Waals surface area contributed by atoms with E-state index in [9.17, 15) is 9.90 Å². The monoisotopic (exact) mass is 302 g/mol. The summed E-state index contributed by atoms with van der Waals surface area (Å²) in [6, 6.07) is 8.31. The first kappa shape index (κ1) is 14.2. The molecule has 1 aromatic carbocycles. The zero-order chi connectivity index (χ0) is 15.0. The summed E-state index contributed by atoms with van der Waals surface area (Å²) in [4.78, 5) is 18.2. The molecule has 0 unspecified atom stereocenters. The van der Waals surface area contributed by atoms with Crippen LogP contribution < -0.4 is 0 Å². The van der Waals surface area contributed by atoms with Crippen molar-refractivity contribution in [2.75, 3.05) is 13.1 Å². The third-order valence-corrected chi connectivity index (χ3v) is 4.59. The molecule has 0 saturated carbocycles. The minimum absolute atomic E-state index is 0.0957. The summed E-state index contributed by atoms with van der Waals surface area (Å²) in [5, 5.41) is 11.9. The van der Waals surface area contributed by atoms with Gasteiger partial charge in [0.2, 0.25) is 0 Å². The molecule has 1 N–H and O–H groups in total. The Morgan fingerprint density at radius 3 is 2.57 bits per heavy atom. The van der Waals surface area contributed by atoms with Crippen molar-refractivity contribution >= 4 is 17.2 Å². The lowest BCUT2D eigenvalue weighted by molar-refractivity contribution is 0.00556. The van der Waals surface area contributed by atoms with E-state index in [1.165, 1.54) is 16.9 Å². The van der Waals surface area contributed by atoms with Crippen molar-refractivity contribution < 1.29 is 9.90 Å². The third kappa shape index (κ3) is 2.84. The molecule has 1 aromatic heterocycles. The average molecular weight is 302 g/mol. The lowest BCUT2D eigenvalue weighted by Gasteiger charge is -2.35. The Balaban J connectivity index is 1.76. The number of carbonyl (C=O) groups is 1. The number of benzene rings is 1. The van der Waals surface area contributed by atoms with Crippen LogP contribution in [0.2, 0.25) is 0 Å². The molecule has 1 fully saturated rings. The number of thiazole rings is 1. The van der Waals surface area contributed by atoms with E-state index in [-0.39, 0.29) is 12.0 Å². The number of aromatic nitrogens is 1. The molecule has 0 atom stereocenters. The molecule has 0 bridgehead atoms. The maximum absolute atomic E-state index is 12.1. The van der Waals surface area contributed by atoms with Crippen LogP contribution in [0.5, 0.6) is 0 Å². The summed E-state index contributed by atoms with van der Waals surface area (Å²) in [6.07, 6.45) is -0.379. The zero-order valence-corrected chi connectivity index (χ0v) is 12.9. The van der Waals surface area contributed by atoms with Gasteiger partial charge in [-0.1, -0.05) is 38.1 Å². The van der Waals surface area contributed by atoms with Gasteiger partial charge in [0, 0.05) is 24.0 Å². The van der Waals surface area contributed by atoms with Gasteiger partial charge in [0.15, 0.2) is 0 Å². The van der Waals surface area contributed by atoms with Gasteiger partial charge in [-0.15, -0.1) is 11.3 Å². The number of likely N-dealkylation sites (tertiary alicyclic amines) is 1. The van der Waals surface area contributed by atoms with E-state index in [0.717, 1.165) is 10.6 Å². The van der Waals surface area contributed by atoms with E-state index in [2.05, 4.69) is 43.1 Å². The van der Waals surface area contributed by atoms with Crippen LogP contribution in [0.3, 0.4) is 0 Å². The largest absolute Gasteiger partial charge is 0.389 e. The van der Waals surface area contributed by atoms with Gasteiger partial charge in [0.05, 0.1) is 6.10 Å². The minimum atomic E-state index is -0.379. The SMILES string of the molecule is CC(C)c1ccc(-c2nc(C(=O)N3CC(O)C3)cs2)cc1. The predicted octanol–water partition coefficient (Wildman–Crippen LogP) is 2.75. The fourth-order valence-electron chi connectivity index (χ4n) is 2.30. The van der Waals surface area contributed by atoms with Gasteiger partial charge >= 0.3 is 0 Å². The highest BCUT2D eigenvalue weighted by molar-refractivity contribution is 7.13. The van der Waals surface area contributed by atoms with E-state index < -0.39 is 0 Å². The van der Waals surface area contributed by atoms with E-state index in [1.54, 1.807) is 10.3 Å². The van der Waals surface area contributed by atoms with Crippen LogP contribution >= 0.6 is 11.3 Å². The molecule has 1 aliphatic rings. The maximum atomic E-state index is 12.1. The fraction of sp³-hybridized carbons (Fsp3) is 0.375. The number of nitrogens with zero attached hydrogens (tertiary/aromatic N) is 2. The van der Waals surface area contributed by atoms with Crippen LogP contribution in [-0.4, -0.2) is 40.1 Å². The second-order valence-corrected chi connectivity index (χ2v) is 6.54. The molecule has 0 radical (unpaired) electrons. The Kier molecular flexibility index (Phi) is 3.78. The molecule has 21 heavy (non-hydrogen) atoms. The standard InChI is InChI=1S/C16H18N2O2S/c1-10(2)11-3-5-12(6-4-11)15-17-14(9-21-15)16(20)18-7-13(19)8-18/h3-6,9-10,13,19H,7-8H2,1-2H3. The van der Waals surface area contributed by atoms with E-state index >= 15 is 0 Å². The van der Waals surface area contributed by atoms with Gasteiger partial charge in [0.1, 0.15) is 10.7 Å². The molecule has 1 amide bonds. The normalized spacial score (nSPS) is 15.3. The molecule has 0 spiro atoms. The number of amides is 1. The van der Waals surface area contributed by atoms with Crippen LogP contribution in [0.4, 0.5) is 0 Å². The maximum Gasteiger partial charge on any atom is 0.273 e. The summed E-state index contributed by atoms with van der Waals surface area (Å²) in [6.45, 7) is 5.15. The number of rotatable bonds is 3. The number of hydrogen-bond donors (Lipinski definition) is 1. The van der Waals surface area contributed by atoms with Crippen LogP contribution in [-0.2, 0) is 0 Å². The first-order chi connectivity index (χ1) is 10.0. The number of hydrogen-bond acceptors (Lipinski definition) is 4. The molecule has 0 aliphatic carbocycles. The molecule has 2 aromatic rings. The summed E-state index contributed by atoms with van der Waals surface area (Å²) >= 11 is 1.48. The summed E-state index contributed by atoms with van der Waals surface area (Å²) in [7, 11) is 0. The Bertz CT molecular complexity index is 643. The van der Waals surface area contributed by atoms with Crippen LogP contribution in [0.1, 0.15) is 35.8 Å². The lowest BCUT2D eigenvalue weighted by Crippen LogP contribution is -2.53. The first-order valence-electron chi connectivity index (χ1n) is 7.08. The van der Waals surface area contributed by atoms with Crippen LogP contribution in [0, 0.1) is 0 Å². The van der Waals surface area contributed by atoms with Crippen LogP contribution in [0.25, 0.3) is 10.6 Å². The van der Waals surface area contributed by atoms with Gasteiger partial charge in [-0.3, -0.25) is 4.79 Å². The average Bonchev–Trinajstić information content (AvgIpc) is 2.93. The van der Waals surface area contributed by atoms with Gasteiger partial charge in [-0.05, 0) is 11.5 Å². The van der Waals surface area contributed by atoms with Gasteiger partial charge in [0.25, 0.3) is 5.91 Å². The van der Waals surface area contributed by atoms with Gasteiger partial charge < -0.3 is 10.0 Å². The van der Waals surface area contributed by atoms with E-state index in [0.29, 0.717) is 24.7 Å². The van der Waals surface area contributed by atoms with Gasteiger partial charge in [-0.2, -0.15) is 0 Å². The van der Waals surface area contributed by atoms with Crippen molar-refractivity contribution in [2.45, 2.75) is 25.9 Å². The van der Waals surface area contributed by atoms with Gasteiger partial charge in [-0.25, -0.2) is 4.98 Å². The lowest BCUT2D eigenvalue weighted by atomic mass is 10.0. The highest BCUT2D eigenvalue weighted by Crippen LogP contribution is 2.26. The molecular formula is C16H18N2O2S. The second kappa shape index (κ2) is 5.58. The smallest absolute Gasteiger partial charge is 0.273 e. The number of aliphatic hydroxyl groups excluding tert-OH is 1. The molecule has 3 rings (SSSR count). The molecule has 110 valence electrons. The highest BCUT2D eigenvalue weighted by Gasteiger charge is 2.30. The number of β-amino-alcohol motifs (C(OH)–C–C–N with tert-alkyl or cyclic N) is 1. The van der Waals surface area contributed by atoms with Crippen molar-refractivity contribution in [3.63, 3.8) is 0 Å².